The summed E-state index contributed by atoms with van der Waals surface area (Å²) in [6.45, 7) is 6.36. The van der Waals surface area contributed by atoms with E-state index in [1.165, 1.54) is 18.7 Å². The molecule has 0 spiro atoms. The second-order valence-corrected chi connectivity index (χ2v) is 15.5. The van der Waals surface area contributed by atoms with Gasteiger partial charge in [-0.2, -0.15) is 0 Å². The Kier molecular flexibility index (Phi) is 16.7. The molecule has 0 bridgehead atoms. The van der Waals surface area contributed by atoms with Gasteiger partial charge in [-0.15, -0.1) is 0 Å². The van der Waals surface area contributed by atoms with Gasteiger partial charge in [0.25, 0.3) is 0 Å². The molecule has 298 valence electrons. The lowest BCUT2D eigenvalue weighted by Crippen LogP contribution is -2.52. The molecule has 1 fully saturated rings. The lowest BCUT2D eigenvalue weighted by atomic mass is 9.89. The first-order valence-electron chi connectivity index (χ1n) is 17.9. The van der Waals surface area contributed by atoms with E-state index in [0.717, 1.165) is 12.7 Å². The molecule has 0 radical (unpaired) electrons. The zero-order valence-corrected chi connectivity index (χ0v) is 32.3. The molecule has 0 saturated carbocycles. The predicted molar refractivity (Wildman–Crippen MR) is 195 cm³/mol. The van der Waals surface area contributed by atoms with Gasteiger partial charge in [-0.05, 0) is 37.7 Å². The van der Waals surface area contributed by atoms with Gasteiger partial charge < -0.3 is 35.8 Å². The van der Waals surface area contributed by atoms with Crippen molar-refractivity contribution in [2.75, 3.05) is 20.3 Å². The number of nitrogens with two attached hydrogens (primary N) is 1. The number of imidazole rings is 1. The summed E-state index contributed by atoms with van der Waals surface area (Å²) in [6.07, 6.45) is 2.10. The van der Waals surface area contributed by atoms with Crippen LogP contribution in [0.1, 0.15) is 71.1 Å². The summed E-state index contributed by atoms with van der Waals surface area (Å²) in [5, 5.41) is 15.5. The van der Waals surface area contributed by atoms with Crippen LogP contribution < -0.4 is 16.4 Å². The molecule has 17 nitrogen and oxygen atoms in total. The number of likely N-dealkylation sites (tertiary alicyclic amines) is 1. The molecule has 1 aromatic carbocycles. The number of carbonyl (C=O) groups is 6. The number of aromatic nitrogens is 2. The van der Waals surface area contributed by atoms with Crippen molar-refractivity contribution in [1.29, 1.82) is 0 Å². The number of nitrogens with one attached hydrogen (secondary N) is 2. The number of ketones is 2. The summed E-state index contributed by atoms with van der Waals surface area (Å²) in [5.74, 6) is -6.36. The Balaban J connectivity index is 1.88. The summed E-state index contributed by atoms with van der Waals surface area (Å²) in [6, 6.07) is 6.23. The number of amides is 4. The minimum atomic E-state index is -4.56. The minimum Gasteiger partial charge on any atom is -0.394 e. The first-order chi connectivity index (χ1) is 25.5. The van der Waals surface area contributed by atoms with Crippen LogP contribution in [0.4, 0.5) is 0 Å². The summed E-state index contributed by atoms with van der Waals surface area (Å²) >= 11 is 0. The minimum absolute atomic E-state index is 0.0165. The SMILES string of the molecule is COP(=O)(O)O[C@H](C)[C@H](CC(=O)[C@H](CO)NC(=O)[C@@H](CC(=O)[C@H](CC(C)C)NC(=O)[C@@H]1CCCN1C(C)=O)Cc1cncn1Cc1ccccc1)C(N)=O. The first-order valence-corrected chi connectivity index (χ1v) is 19.4. The third-order valence-corrected chi connectivity index (χ3v) is 10.5. The number of carbonyl (C=O) groups excluding carboxylic acids is 6. The Bertz CT molecular complexity index is 1670. The van der Waals surface area contributed by atoms with E-state index in [0.29, 0.717) is 31.6 Å². The van der Waals surface area contributed by atoms with Crippen LogP contribution in [-0.4, -0.2) is 104 Å². The fraction of sp³-hybridized carbons (Fsp3) is 0.583. The van der Waals surface area contributed by atoms with Crippen LogP contribution in [0.5, 0.6) is 0 Å². The number of hydrogen-bond donors (Lipinski definition) is 5. The maximum atomic E-state index is 14.1. The lowest BCUT2D eigenvalue weighted by Gasteiger charge is -2.27. The lowest BCUT2D eigenvalue weighted by molar-refractivity contribution is -0.138. The largest absolute Gasteiger partial charge is 0.472 e. The van der Waals surface area contributed by atoms with Crippen LogP contribution >= 0.6 is 7.82 Å². The number of benzene rings is 1. The van der Waals surface area contributed by atoms with Gasteiger partial charge in [0, 0.05) is 58.3 Å². The molecule has 1 aliphatic rings. The maximum absolute atomic E-state index is 14.1. The molecule has 7 atom stereocenters. The van der Waals surface area contributed by atoms with Crippen molar-refractivity contribution >= 4 is 43.0 Å². The van der Waals surface area contributed by atoms with E-state index in [4.69, 9.17) is 10.3 Å². The fourth-order valence-electron chi connectivity index (χ4n) is 6.46. The fourth-order valence-corrected chi connectivity index (χ4v) is 7.12. The second kappa shape index (κ2) is 20.4. The Morgan fingerprint density at radius 1 is 1.04 bits per heavy atom. The highest BCUT2D eigenvalue weighted by molar-refractivity contribution is 7.47. The number of phosphoric acid groups is 1. The summed E-state index contributed by atoms with van der Waals surface area (Å²) < 4.78 is 23.1. The van der Waals surface area contributed by atoms with Gasteiger partial charge in [0.15, 0.2) is 11.6 Å². The molecule has 0 aliphatic carbocycles. The van der Waals surface area contributed by atoms with Crippen LogP contribution in [-0.2, 0) is 55.3 Å². The smallest absolute Gasteiger partial charge is 0.394 e. The van der Waals surface area contributed by atoms with Crippen molar-refractivity contribution in [1.82, 2.24) is 25.1 Å². The molecule has 2 heterocycles. The molecule has 18 heteroatoms. The molecule has 3 rings (SSSR count). The molecular formula is C36H53N6O11P. The van der Waals surface area contributed by atoms with Gasteiger partial charge in [0.1, 0.15) is 12.1 Å². The normalized spacial score (nSPS) is 18.2. The van der Waals surface area contributed by atoms with Crippen molar-refractivity contribution in [2.45, 2.75) is 97.0 Å². The van der Waals surface area contributed by atoms with Crippen molar-refractivity contribution < 1.29 is 52.4 Å². The quantitative estimate of drug-likeness (QED) is 0.106. The van der Waals surface area contributed by atoms with Crippen LogP contribution in [0.25, 0.3) is 0 Å². The molecular weight excluding hydrogens is 723 g/mol. The van der Waals surface area contributed by atoms with Crippen molar-refractivity contribution in [3.63, 3.8) is 0 Å². The Hall–Kier alpha value is -4.28. The molecule has 1 saturated heterocycles. The van der Waals surface area contributed by atoms with E-state index in [2.05, 4.69) is 20.1 Å². The van der Waals surface area contributed by atoms with Gasteiger partial charge in [-0.25, -0.2) is 9.55 Å². The highest BCUT2D eigenvalue weighted by atomic mass is 31.2. The third kappa shape index (κ3) is 12.9. The Labute approximate surface area is 315 Å². The van der Waals surface area contributed by atoms with Crippen molar-refractivity contribution in [2.24, 2.45) is 23.5 Å². The number of hydrogen-bond acceptors (Lipinski definition) is 11. The van der Waals surface area contributed by atoms with E-state index in [-0.39, 0.29) is 31.1 Å². The molecule has 1 aliphatic heterocycles. The van der Waals surface area contributed by atoms with E-state index in [1.807, 2.05) is 48.7 Å². The molecule has 54 heavy (non-hydrogen) atoms. The number of rotatable bonds is 22. The van der Waals surface area contributed by atoms with E-state index < -0.39 is 86.2 Å². The first kappa shape index (κ1) is 44.1. The third-order valence-electron chi connectivity index (χ3n) is 9.41. The van der Waals surface area contributed by atoms with Crippen molar-refractivity contribution in [3.05, 3.63) is 54.1 Å². The van der Waals surface area contributed by atoms with Gasteiger partial charge in [0.2, 0.25) is 23.6 Å². The number of aliphatic hydroxyl groups is 1. The number of primary amides is 1. The highest BCUT2D eigenvalue weighted by Crippen LogP contribution is 2.44. The molecule has 2 aromatic rings. The summed E-state index contributed by atoms with van der Waals surface area (Å²) in [4.78, 5) is 94.7. The van der Waals surface area contributed by atoms with Crippen LogP contribution in [0.15, 0.2) is 42.9 Å². The van der Waals surface area contributed by atoms with Crippen LogP contribution in [0.3, 0.4) is 0 Å². The second-order valence-electron chi connectivity index (χ2n) is 14.0. The Morgan fingerprint density at radius 2 is 1.70 bits per heavy atom. The van der Waals surface area contributed by atoms with Crippen LogP contribution in [0.2, 0.25) is 0 Å². The van der Waals surface area contributed by atoms with E-state index in [1.54, 1.807) is 12.5 Å². The van der Waals surface area contributed by atoms with E-state index >= 15 is 0 Å². The van der Waals surface area contributed by atoms with Gasteiger partial charge in [0.05, 0.1) is 36.9 Å². The average Bonchev–Trinajstić information content (AvgIpc) is 3.78. The molecule has 6 N–H and O–H groups in total. The van der Waals surface area contributed by atoms with Gasteiger partial charge >= 0.3 is 7.82 Å². The zero-order chi connectivity index (χ0) is 40.2. The Morgan fingerprint density at radius 3 is 2.30 bits per heavy atom. The monoisotopic (exact) mass is 776 g/mol. The molecule has 1 aromatic heterocycles. The molecule has 4 amide bonds. The van der Waals surface area contributed by atoms with Gasteiger partial charge in [-0.3, -0.25) is 37.8 Å². The number of phosphoric ester groups is 1. The standard InChI is InChI=1S/C36H53N6O11P/c1-22(2)14-29(39-36(49)31-12-9-13-42(31)24(4)44)32(45)16-26(15-27-18-38-21-41(27)19-25-10-7-6-8-11-25)35(48)40-30(20-43)33(46)17-28(34(37)47)23(3)53-54(50,51)52-5/h6-8,10-11,18,21-23,26,28-31,43H,9,12-17,19-20H2,1-5H3,(H2,37,47)(H,39,49)(H,40,48)(H,50,51)/t23-,26-,28+,29+,30+,31+/m1/s1. The topological polar surface area (TPSA) is 250 Å². The van der Waals surface area contributed by atoms with Gasteiger partial charge in [-0.1, -0.05) is 44.2 Å². The van der Waals surface area contributed by atoms with Crippen molar-refractivity contribution in [3.8, 4) is 0 Å². The zero-order valence-electron chi connectivity index (χ0n) is 31.4. The summed E-state index contributed by atoms with van der Waals surface area (Å²) in [5.41, 5.74) is 7.02. The van der Waals surface area contributed by atoms with Crippen LogP contribution in [0, 0.1) is 17.8 Å². The number of nitrogens with zero attached hydrogens (tertiary/aromatic N) is 3. The average molecular weight is 777 g/mol. The summed E-state index contributed by atoms with van der Waals surface area (Å²) in [7, 11) is -3.64. The predicted octanol–water partition coefficient (Wildman–Crippen LogP) is 1.28. The number of aliphatic hydroxyl groups excluding tert-OH is 1. The number of Topliss-reactive ketones (excluding diaryl/α,β-unsaturated/α-hetero) is 2. The molecule has 1 unspecified atom stereocenters. The van der Waals surface area contributed by atoms with E-state index in [9.17, 15) is 43.3 Å². The highest BCUT2D eigenvalue weighted by Gasteiger charge is 2.38. The maximum Gasteiger partial charge on any atom is 0.472 e.